The van der Waals surface area contributed by atoms with E-state index >= 15 is 0 Å². The molecule has 1 aromatic carbocycles. The number of hydrogen-bond acceptors (Lipinski definition) is 5. The van der Waals surface area contributed by atoms with E-state index in [1.165, 1.54) is 6.26 Å². The molecule has 76 valence electrons. The van der Waals surface area contributed by atoms with Gasteiger partial charge in [0.15, 0.2) is 0 Å². The molecule has 2 aromatic rings. The maximum Gasteiger partial charge on any atom is 0.217 e. The van der Waals surface area contributed by atoms with Crippen molar-refractivity contribution in [3.8, 4) is 0 Å². The van der Waals surface area contributed by atoms with Crippen molar-refractivity contribution in [2.75, 3.05) is 10.7 Å². The van der Waals surface area contributed by atoms with Gasteiger partial charge in [0.1, 0.15) is 17.5 Å². The predicted octanol–water partition coefficient (Wildman–Crippen LogP) is 1.74. The number of rotatable bonds is 1. The van der Waals surface area contributed by atoms with Crippen LogP contribution in [0.15, 0.2) is 41.1 Å². The van der Waals surface area contributed by atoms with Crippen LogP contribution in [0.25, 0.3) is 11.0 Å². The van der Waals surface area contributed by atoms with Crippen LogP contribution in [0.2, 0.25) is 0 Å². The van der Waals surface area contributed by atoms with Gasteiger partial charge < -0.3 is 15.0 Å². The first-order valence-electron chi connectivity index (χ1n) is 4.50. The van der Waals surface area contributed by atoms with E-state index in [0.717, 1.165) is 16.7 Å². The first-order valence-corrected chi connectivity index (χ1v) is 4.50. The van der Waals surface area contributed by atoms with Crippen molar-refractivity contribution < 1.29 is 9.25 Å². The Balaban J connectivity index is 2.23. The summed E-state index contributed by atoms with van der Waals surface area (Å²) in [5.41, 5.74) is 9.99. The fourth-order valence-corrected chi connectivity index (χ4v) is 1.63. The minimum absolute atomic E-state index is 0.360. The van der Waals surface area contributed by atoms with Crippen LogP contribution in [0.1, 0.15) is 0 Å². The van der Waals surface area contributed by atoms with E-state index < -0.39 is 0 Å². The van der Waals surface area contributed by atoms with E-state index in [4.69, 9.17) is 15.0 Å². The summed E-state index contributed by atoms with van der Waals surface area (Å²) in [6, 6.07) is 7.65. The molecule has 15 heavy (non-hydrogen) atoms. The number of fused-ring (bicyclic) bond motifs is 1. The lowest BCUT2D eigenvalue weighted by molar-refractivity contribution is 0.159. The number of para-hydroxylation sites is 1. The Morgan fingerprint density at radius 3 is 2.93 bits per heavy atom. The highest BCUT2D eigenvalue weighted by atomic mass is 16.7. The van der Waals surface area contributed by atoms with Crippen LogP contribution in [-0.4, -0.2) is 0 Å². The Morgan fingerprint density at radius 1 is 1.27 bits per heavy atom. The van der Waals surface area contributed by atoms with E-state index in [1.54, 1.807) is 11.2 Å². The third-order valence-corrected chi connectivity index (χ3v) is 2.27. The van der Waals surface area contributed by atoms with Gasteiger partial charge in [-0.15, -0.1) is 0 Å². The largest absolute Gasteiger partial charge is 0.439 e. The summed E-state index contributed by atoms with van der Waals surface area (Å²) in [6.07, 6.45) is 3.26. The van der Waals surface area contributed by atoms with Gasteiger partial charge in [-0.2, -0.15) is 0 Å². The van der Waals surface area contributed by atoms with Crippen molar-refractivity contribution in [3.63, 3.8) is 0 Å². The first-order chi connectivity index (χ1) is 7.36. The average molecular weight is 203 g/mol. The number of nitrogens with zero attached hydrogens (tertiary/aromatic N) is 1. The SMILES string of the molecule is Nc1oc2ccccc2c1N1C=CON1. The van der Waals surface area contributed by atoms with Crippen LogP contribution < -0.4 is 16.3 Å². The van der Waals surface area contributed by atoms with Gasteiger partial charge in [-0.1, -0.05) is 17.7 Å². The molecule has 3 rings (SSSR count). The zero-order valence-electron chi connectivity index (χ0n) is 7.81. The Kier molecular flexibility index (Phi) is 1.60. The number of anilines is 2. The number of nitrogens with one attached hydrogen (secondary N) is 1. The molecule has 0 saturated heterocycles. The topological polar surface area (TPSA) is 63.7 Å². The number of benzene rings is 1. The molecule has 5 heteroatoms. The summed E-state index contributed by atoms with van der Waals surface area (Å²) in [6.45, 7) is 0. The third-order valence-electron chi connectivity index (χ3n) is 2.27. The Morgan fingerprint density at radius 2 is 2.13 bits per heavy atom. The molecule has 5 nitrogen and oxygen atoms in total. The van der Waals surface area contributed by atoms with Gasteiger partial charge in [-0.25, -0.2) is 5.01 Å². The molecular weight excluding hydrogens is 194 g/mol. The number of nitrogens with two attached hydrogens (primary N) is 1. The minimum Gasteiger partial charge on any atom is -0.439 e. The molecule has 0 unspecified atom stereocenters. The fraction of sp³-hybridized carbons (Fsp3) is 0. The van der Waals surface area contributed by atoms with E-state index in [1.807, 2.05) is 24.3 Å². The molecule has 3 N–H and O–H groups in total. The maximum atomic E-state index is 5.80. The minimum atomic E-state index is 0.360. The zero-order valence-corrected chi connectivity index (χ0v) is 7.81. The summed E-state index contributed by atoms with van der Waals surface area (Å²) in [7, 11) is 0. The smallest absolute Gasteiger partial charge is 0.217 e. The van der Waals surface area contributed by atoms with Crippen molar-refractivity contribution in [1.82, 2.24) is 5.59 Å². The molecule has 0 bridgehead atoms. The molecule has 0 amide bonds. The molecule has 0 spiro atoms. The number of nitrogen functional groups attached to an aromatic ring is 1. The van der Waals surface area contributed by atoms with E-state index in [9.17, 15) is 0 Å². The lowest BCUT2D eigenvalue weighted by atomic mass is 10.2. The van der Waals surface area contributed by atoms with Crippen molar-refractivity contribution >= 4 is 22.5 Å². The van der Waals surface area contributed by atoms with Crippen LogP contribution in [0.4, 0.5) is 11.6 Å². The molecule has 0 aliphatic carbocycles. The molecule has 0 saturated carbocycles. The molecule has 0 fully saturated rings. The summed E-state index contributed by atoms with van der Waals surface area (Å²) in [5, 5.41) is 2.61. The van der Waals surface area contributed by atoms with Gasteiger partial charge >= 0.3 is 0 Å². The first kappa shape index (κ1) is 8.19. The van der Waals surface area contributed by atoms with Gasteiger partial charge in [-0.3, -0.25) is 0 Å². The quantitative estimate of drug-likeness (QED) is 0.739. The summed E-state index contributed by atoms with van der Waals surface area (Å²) < 4.78 is 5.42. The van der Waals surface area contributed by atoms with Gasteiger partial charge in [0, 0.05) is 5.39 Å². The molecule has 1 aliphatic heterocycles. The van der Waals surface area contributed by atoms with E-state index in [-0.39, 0.29) is 0 Å². The van der Waals surface area contributed by atoms with Crippen LogP contribution in [-0.2, 0) is 4.84 Å². The number of hydrogen-bond donors (Lipinski definition) is 2. The number of furan rings is 1. The molecule has 0 radical (unpaired) electrons. The highest BCUT2D eigenvalue weighted by Gasteiger charge is 2.18. The van der Waals surface area contributed by atoms with Crippen molar-refractivity contribution in [2.24, 2.45) is 0 Å². The van der Waals surface area contributed by atoms with E-state index in [0.29, 0.717) is 5.88 Å². The van der Waals surface area contributed by atoms with Gasteiger partial charge in [0.2, 0.25) is 5.88 Å². The lowest BCUT2D eigenvalue weighted by Gasteiger charge is -2.12. The van der Waals surface area contributed by atoms with E-state index in [2.05, 4.69) is 5.59 Å². The summed E-state index contributed by atoms with van der Waals surface area (Å²) in [5.74, 6) is 0.360. The van der Waals surface area contributed by atoms with Crippen molar-refractivity contribution in [1.29, 1.82) is 0 Å². The molecule has 0 atom stereocenters. The van der Waals surface area contributed by atoms with Crippen LogP contribution in [0.3, 0.4) is 0 Å². The summed E-state index contributed by atoms with van der Waals surface area (Å²) in [4.78, 5) is 4.88. The third kappa shape index (κ3) is 1.14. The lowest BCUT2D eigenvalue weighted by Crippen LogP contribution is -2.27. The molecule has 1 aromatic heterocycles. The molecular formula is C10H9N3O2. The normalized spacial score (nSPS) is 14.8. The average Bonchev–Trinajstić information content (AvgIpc) is 2.82. The molecule has 1 aliphatic rings. The van der Waals surface area contributed by atoms with Crippen molar-refractivity contribution in [2.45, 2.75) is 0 Å². The van der Waals surface area contributed by atoms with Crippen LogP contribution in [0, 0.1) is 0 Å². The monoisotopic (exact) mass is 203 g/mol. The van der Waals surface area contributed by atoms with Gasteiger partial charge in [-0.05, 0) is 12.1 Å². The Labute approximate surface area is 85.6 Å². The highest BCUT2D eigenvalue weighted by Crippen LogP contribution is 2.35. The number of hydrazine groups is 1. The second-order valence-electron chi connectivity index (χ2n) is 3.18. The highest BCUT2D eigenvalue weighted by molar-refractivity contribution is 5.97. The second kappa shape index (κ2) is 2.93. The van der Waals surface area contributed by atoms with Crippen LogP contribution in [0.5, 0.6) is 0 Å². The predicted molar refractivity (Wildman–Crippen MR) is 56.5 cm³/mol. The fourth-order valence-electron chi connectivity index (χ4n) is 1.63. The molecule has 2 heterocycles. The summed E-state index contributed by atoms with van der Waals surface area (Å²) >= 11 is 0. The Hall–Kier alpha value is -2.14. The van der Waals surface area contributed by atoms with Crippen LogP contribution >= 0.6 is 0 Å². The Bertz CT molecular complexity index is 532. The maximum absolute atomic E-state index is 5.80. The van der Waals surface area contributed by atoms with Gasteiger partial charge in [0.25, 0.3) is 0 Å². The zero-order chi connectivity index (χ0) is 10.3. The van der Waals surface area contributed by atoms with Crippen molar-refractivity contribution in [3.05, 3.63) is 36.7 Å². The van der Waals surface area contributed by atoms with Gasteiger partial charge in [0.05, 0.1) is 6.20 Å². The second-order valence-corrected chi connectivity index (χ2v) is 3.18. The standard InChI is InChI=1S/C10H9N3O2/c11-10-9(13-5-6-14-12-13)7-3-1-2-4-8(7)15-10/h1-6,12H,11H2.